The average Bonchev–Trinajstić information content (AvgIpc) is 2.42. The van der Waals surface area contributed by atoms with Gasteiger partial charge in [-0.2, -0.15) is 11.8 Å². The molecule has 19 heavy (non-hydrogen) atoms. The van der Waals surface area contributed by atoms with Crippen molar-refractivity contribution in [2.45, 2.75) is 19.3 Å². The standard InChI is InChI=1S/C13H26N4S.HI/c1-16-6-3-12(4-7-16)2-5-15-13(14)17-8-10-18-11-9-17;/h12H,2-11H2,1H3,(H2,14,15);1H. The number of likely N-dealkylation sites (tertiary alicyclic amines) is 1. The van der Waals surface area contributed by atoms with Crippen molar-refractivity contribution < 1.29 is 0 Å². The predicted molar refractivity (Wildman–Crippen MR) is 95.6 cm³/mol. The Balaban J connectivity index is 0.00000180. The highest BCUT2D eigenvalue weighted by atomic mass is 127. The van der Waals surface area contributed by atoms with E-state index in [1.165, 1.54) is 43.9 Å². The van der Waals surface area contributed by atoms with E-state index in [1.54, 1.807) is 0 Å². The summed E-state index contributed by atoms with van der Waals surface area (Å²) < 4.78 is 0. The lowest BCUT2D eigenvalue weighted by molar-refractivity contribution is 0.214. The predicted octanol–water partition coefficient (Wildman–Crippen LogP) is 1.70. The Bertz CT molecular complexity index is 274. The maximum Gasteiger partial charge on any atom is 0.191 e. The molecule has 4 nitrogen and oxygen atoms in total. The van der Waals surface area contributed by atoms with Crippen LogP contribution in [0.2, 0.25) is 0 Å². The Hall–Kier alpha value is 0.310. The molecule has 0 aromatic carbocycles. The molecule has 0 bridgehead atoms. The van der Waals surface area contributed by atoms with Crippen molar-refractivity contribution in [1.29, 1.82) is 0 Å². The van der Waals surface area contributed by atoms with Crippen molar-refractivity contribution >= 4 is 41.7 Å². The molecule has 0 saturated carbocycles. The van der Waals surface area contributed by atoms with Gasteiger partial charge in [-0.1, -0.05) is 0 Å². The minimum Gasteiger partial charge on any atom is -0.370 e. The highest BCUT2D eigenvalue weighted by molar-refractivity contribution is 14.0. The van der Waals surface area contributed by atoms with Gasteiger partial charge in [0.2, 0.25) is 0 Å². The highest BCUT2D eigenvalue weighted by Crippen LogP contribution is 2.19. The summed E-state index contributed by atoms with van der Waals surface area (Å²) in [4.78, 5) is 9.20. The third-order valence-electron chi connectivity index (χ3n) is 3.98. The maximum absolute atomic E-state index is 6.04. The first-order valence-corrected chi connectivity index (χ1v) is 8.22. The second-order valence-electron chi connectivity index (χ2n) is 5.37. The van der Waals surface area contributed by atoms with Gasteiger partial charge in [0.1, 0.15) is 0 Å². The fourth-order valence-corrected chi connectivity index (χ4v) is 3.51. The molecule has 2 N–H and O–H groups in total. The van der Waals surface area contributed by atoms with Crippen molar-refractivity contribution in [3.63, 3.8) is 0 Å². The van der Waals surface area contributed by atoms with Crippen LogP contribution < -0.4 is 5.73 Å². The summed E-state index contributed by atoms with van der Waals surface area (Å²) in [5.74, 6) is 3.99. The second-order valence-corrected chi connectivity index (χ2v) is 6.60. The number of nitrogens with two attached hydrogens (primary N) is 1. The number of aliphatic imine (C=N–C) groups is 1. The number of rotatable bonds is 3. The van der Waals surface area contributed by atoms with E-state index in [4.69, 9.17) is 5.73 Å². The molecular formula is C13H27IN4S. The summed E-state index contributed by atoms with van der Waals surface area (Å²) in [6.07, 6.45) is 3.86. The molecule has 2 heterocycles. The molecule has 2 saturated heterocycles. The molecule has 0 aliphatic carbocycles. The van der Waals surface area contributed by atoms with Gasteiger partial charge in [0, 0.05) is 31.1 Å². The lowest BCUT2D eigenvalue weighted by atomic mass is 9.94. The monoisotopic (exact) mass is 398 g/mol. The van der Waals surface area contributed by atoms with Crippen LogP contribution in [0.25, 0.3) is 0 Å². The summed E-state index contributed by atoms with van der Waals surface area (Å²) in [6.45, 7) is 5.52. The molecule has 0 unspecified atom stereocenters. The first-order valence-electron chi connectivity index (χ1n) is 7.07. The van der Waals surface area contributed by atoms with Gasteiger partial charge in [-0.05, 0) is 45.3 Å². The number of hydrogen-bond acceptors (Lipinski definition) is 3. The van der Waals surface area contributed by atoms with E-state index in [0.29, 0.717) is 0 Å². The van der Waals surface area contributed by atoms with E-state index in [1.807, 2.05) is 11.8 Å². The molecule has 2 aliphatic rings. The number of guanidine groups is 1. The zero-order chi connectivity index (χ0) is 12.8. The molecule has 0 atom stereocenters. The molecule has 0 aromatic heterocycles. The van der Waals surface area contributed by atoms with Crippen molar-refractivity contribution in [1.82, 2.24) is 9.80 Å². The van der Waals surface area contributed by atoms with Gasteiger partial charge in [0.05, 0.1) is 0 Å². The molecule has 6 heteroatoms. The van der Waals surface area contributed by atoms with E-state index in [9.17, 15) is 0 Å². The van der Waals surface area contributed by atoms with Crippen LogP contribution in [-0.4, -0.2) is 67.0 Å². The van der Waals surface area contributed by atoms with Gasteiger partial charge in [-0.25, -0.2) is 0 Å². The average molecular weight is 398 g/mol. The molecular weight excluding hydrogens is 371 g/mol. The Morgan fingerprint density at radius 3 is 2.47 bits per heavy atom. The smallest absolute Gasteiger partial charge is 0.191 e. The van der Waals surface area contributed by atoms with E-state index in [0.717, 1.165) is 31.5 Å². The number of piperidine rings is 1. The molecule has 2 fully saturated rings. The van der Waals surface area contributed by atoms with Gasteiger partial charge in [0.25, 0.3) is 0 Å². The van der Waals surface area contributed by atoms with Gasteiger partial charge >= 0.3 is 0 Å². The summed E-state index contributed by atoms with van der Waals surface area (Å²) in [5.41, 5.74) is 6.04. The molecule has 2 rings (SSSR count). The van der Waals surface area contributed by atoms with Crippen LogP contribution in [0.15, 0.2) is 4.99 Å². The number of nitrogens with zero attached hydrogens (tertiary/aromatic N) is 3. The van der Waals surface area contributed by atoms with Gasteiger partial charge in [-0.3, -0.25) is 4.99 Å². The van der Waals surface area contributed by atoms with Crippen LogP contribution >= 0.6 is 35.7 Å². The van der Waals surface area contributed by atoms with Crippen molar-refractivity contribution in [2.75, 3.05) is 51.3 Å². The quantitative estimate of drug-likeness (QED) is 0.447. The molecule has 0 amide bonds. The zero-order valence-electron chi connectivity index (χ0n) is 11.9. The van der Waals surface area contributed by atoms with E-state index in [-0.39, 0.29) is 24.0 Å². The molecule has 2 aliphatic heterocycles. The second kappa shape index (κ2) is 9.28. The first-order chi connectivity index (χ1) is 8.75. The van der Waals surface area contributed by atoms with Crippen LogP contribution in [0.3, 0.4) is 0 Å². The minimum atomic E-state index is 0. The van der Waals surface area contributed by atoms with Crippen LogP contribution in [0.1, 0.15) is 19.3 Å². The topological polar surface area (TPSA) is 44.9 Å². The first kappa shape index (κ1) is 17.4. The summed E-state index contributed by atoms with van der Waals surface area (Å²) in [5, 5.41) is 0. The zero-order valence-corrected chi connectivity index (χ0v) is 15.0. The third kappa shape index (κ3) is 6.08. The third-order valence-corrected chi connectivity index (χ3v) is 4.93. The van der Waals surface area contributed by atoms with Crippen molar-refractivity contribution in [3.8, 4) is 0 Å². The SMILES string of the molecule is CN1CCC(CCN=C(N)N2CCSCC2)CC1.I. The Kier molecular flexibility index (Phi) is 8.48. The van der Waals surface area contributed by atoms with E-state index in [2.05, 4.69) is 21.8 Å². The Labute approximate surface area is 138 Å². The van der Waals surface area contributed by atoms with Crippen LogP contribution in [0.4, 0.5) is 0 Å². The van der Waals surface area contributed by atoms with Crippen LogP contribution in [0, 0.1) is 5.92 Å². The molecule has 112 valence electrons. The maximum atomic E-state index is 6.04. The Morgan fingerprint density at radius 1 is 1.21 bits per heavy atom. The summed E-state index contributed by atoms with van der Waals surface area (Å²) >= 11 is 2.01. The molecule has 0 radical (unpaired) electrons. The van der Waals surface area contributed by atoms with E-state index >= 15 is 0 Å². The normalized spacial score (nSPS) is 23.2. The van der Waals surface area contributed by atoms with Crippen LogP contribution in [0.5, 0.6) is 0 Å². The van der Waals surface area contributed by atoms with Gasteiger partial charge < -0.3 is 15.5 Å². The minimum absolute atomic E-state index is 0. The van der Waals surface area contributed by atoms with Crippen LogP contribution in [-0.2, 0) is 0 Å². The molecule has 0 spiro atoms. The largest absolute Gasteiger partial charge is 0.370 e. The van der Waals surface area contributed by atoms with Crippen molar-refractivity contribution in [2.24, 2.45) is 16.6 Å². The highest BCUT2D eigenvalue weighted by Gasteiger charge is 2.16. The Morgan fingerprint density at radius 2 is 1.84 bits per heavy atom. The summed E-state index contributed by atoms with van der Waals surface area (Å²) in [6, 6.07) is 0. The fourth-order valence-electron chi connectivity index (χ4n) is 2.60. The number of halogens is 1. The number of hydrogen-bond donors (Lipinski definition) is 1. The number of thioether (sulfide) groups is 1. The molecule has 0 aromatic rings. The fraction of sp³-hybridized carbons (Fsp3) is 0.923. The van der Waals surface area contributed by atoms with Gasteiger partial charge in [0.15, 0.2) is 5.96 Å². The summed E-state index contributed by atoms with van der Waals surface area (Å²) in [7, 11) is 2.21. The van der Waals surface area contributed by atoms with E-state index < -0.39 is 0 Å². The van der Waals surface area contributed by atoms with Crippen molar-refractivity contribution in [3.05, 3.63) is 0 Å². The van der Waals surface area contributed by atoms with Gasteiger partial charge in [-0.15, -0.1) is 24.0 Å². The lowest BCUT2D eigenvalue weighted by Gasteiger charge is -2.29. The lowest BCUT2D eigenvalue weighted by Crippen LogP contribution is -2.42.